The first-order valence-corrected chi connectivity index (χ1v) is 8.82. The van der Waals surface area contributed by atoms with Crippen LogP contribution in [0.3, 0.4) is 0 Å². The monoisotopic (exact) mass is 366 g/mol. The van der Waals surface area contributed by atoms with E-state index in [2.05, 4.69) is 10.2 Å². The maximum Gasteiger partial charge on any atom is 0.390 e. The average Bonchev–Trinajstić information content (AvgIpc) is 2.54. The number of piperazine rings is 1. The minimum absolute atomic E-state index is 0.0229. The van der Waals surface area contributed by atoms with E-state index in [1.807, 2.05) is 6.92 Å². The molecular formula is C16H29F3N4O2. The molecule has 2 fully saturated rings. The molecule has 9 heteroatoms. The number of nitrogens with one attached hydrogen (secondary N) is 1. The molecule has 2 aliphatic heterocycles. The van der Waals surface area contributed by atoms with Crippen molar-refractivity contribution in [2.75, 3.05) is 39.3 Å². The van der Waals surface area contributed by atoms with Gasteiger partial charge in [-0.3, -0.25) is 19.4 Å². The van der Waals surface area contributed by atoms with Gasteiger partial charge in [-0.25, -0.2) is 0 Å². The minimum Gasteiger partial charge on any atom is -0.368 e. The van der Waals surface area contributed by atoms with Crippen molar-refractivity contribution in [2.45, 2.75) is 51.2 Å². The Hall–Kier alpha value is -1.35. The maximum absolute atomic E-state index is 11.8. The number of nitrogens with two attached hydrogens (primary N) is 1. The lowest BCUT2D eigenvalue weighted by molar-refractivity contribution is -0.141. The van der Waals surface area contributed by atoms with Crippen LogP contribution in [0.15, 0.2) is 0 Å². The first-order chi connectivity index (χ1) is 11.7. The highest BCUT2D eigenvalue weighted by Crippen LogP contribution is 2.19. The quantitative estimate of drug-likeness (QED) is 0.764. The fourth-order valence-corrected chi connectivity index (χ4v) is 3.04. The summed E-state index contributed by atoms with van der Waals surface area (Å²) in [7, 11) is 0. The number of alkyl halides is 3. The van der Waals surface area contributed by atoms with Gasteiger partial charge in [0.25, 0.3) is 0 Å². The molecule has 1 atom stereocenters. The smallest absolute Gasteiger partial charge is 0.368 e. The Morgan fingerprint density at radius 3 is 2.36 bits per heavy atom. The lowest BCUT2D eigenvalue weighted by Gasteiger charge is -2.31. The zero-order valence-corrected chi connectivity index (χ0v) is 14.8. The van der Waals surface area contributed by atoms with E-state index in [9.17, 15) is 22.8 Å². The molecule has 0 aromatic heterocycles. The largest absolute Gasteiger partial charge is 0.390 e. The van der Waals surface area contributed by atoms with Crippen LogP contribution in [0.25, 0.3) is 0 Å². The highest BCUT2D eigenvalue weighted by molar-refractivity contribution is 5.79. The van der Waals surface area contributed by atoms with Crippen LogP contribution in [0.1, 0.15) is 39.0 Å². The summed E-state index contributed by atoms with van der Waals surface area (Å²) in [5, 5.41) is 2.55. The van der Waals surface area contributed by atoms with Crippen molar-refractivity contribution in [2.24, 2.45) is 5.73 Å². The van der Waals surface area contributed by atoms with Crippen LogP contribution in [0.2, 0.25) is 0 Å². The van der Waals surface area contributed by atoms with Crippen molar-refractivity contribution in [3.05, 3.63) is 0 Å². The second-order valence-corrected chi connectivity index (χ2v) is 6.41. The zero-order chi connectivity index (χ0) is 18.9. The van der Waals surface area contributed by atoms with Gasteiger partial charge < -0.3 is 11.1 Å². The highest BCUT2D eigenvalue weighted by atomic mass is 19.4. The number of halogens is 3. The lowest BCUT2D eigenvalue weighted by atomic mass is 10.1. The molecular weight excluding hydrogens is 337 g/mol. The first kappa shape index (κ1) is 21.7. The van der Waals surface area contributed by atoms with Gasteiger partial charge in [0.2, 0.25) is 11.8 Å². The average molecular weight is 366 g/mol. The molecule has 25 heavy (non-hydrogen) atoms. The van der Waals surface area contributed by atoms with Gasteiger partial charge >= 0.3 is 6.18 Å². The molecule has 2 rings (SSSR count). The summed E-state index contributed by atoms with van der Waals surface area (Å²) in [6.45, 7) is 5.04. The van der Waals surface area contributed by atoms with Crippen LogP contribution in [-0.2, 0) is 9.59 Å². The Balaban J connectivity index is 0.000000251. The fraction of sp³-hybridized carbons (Fsp3) is 0.875. The minimum atomic E-state index is -4.13. The van der Waals surface area contributed by atoms with Gasteiger partial charge in [0.05, 0.1) is 19.0 Å². The van der Waals surface area contributed by atoms with E-state index in [0.29, 0.717) is 13.1 Å². The van der Waals surface area contributed by atoms with Crippen molar-refractivity contribution < 1.29 is 22.8 Å². The summed E-state index contributed by atoms with van der Waals surface area (Å²) in [5.41, 5.74) is 5.30. The molecule has 2 amide bonds. The number of hydrogen-bond acceptors (Lipinski definition) is 4. The third-order valence-electron chi connectivity index (χ3n) is 4.38. The summed E-state index contributed by atoms with van der Waals surface area (Å²) in [6, 6.07) is -0.0229. The summed E-state index contributed by atoms with van der Waals surface area (Å²) in [5.74, 6) is -0.368. The summed E-state index contributed by atoms with van der Waals surface area (Å²) in [6.07, 6.45) is -0.414. The summed E-state index contributed by atoms with van der Waals surface area (Å²) in [4.78, 5) is 25.5. The number of piperidine rings is 1. The first-order valence-electron chi connectivity index (χ1n) is 8.82. The highest BCUT2D eigenvalue weighted by Gasteiger charge is 2.28. The number of carbonyl (C=O) groups excluding carboxylic acids is 2. The molecule has 0 radical (unpaired) electrons. The molecule has 0 aromatic carbocycles. The molecule has 0 aromatic rings. The molecule has 3 N–H and O–H groups in total. The topological polar surface area (TPSA) is 78.7 Å². The van der Waals surface area contributed by atoms with Crippen LogP contribution in [-0.4, -0.2) is 73.1 Å². The van der Waals surface area contributed by atoms with E-state index in [1.165, 1.54) is 24.2 Å². The molecule has 2 saturated heterocycles. The number of carbonyl (C=O) groups is 2. The predicted octanol–water partition coefficient (Wildman–Crippen LogP) is 1.11. The van der Waals surface area contributed by atoms with E-state index in [4.69, 9.17) is 5.73 Å². The van der Waals surface area contributed by atoms with Crippen LogP contribution >= 0.6 is 0 Å². The third kappa shape index (κ3) is 9.06. The molecule has 1 unspecified atom stereocenters. The molecule has 146 valence electrons. The van der Waals surface area contributed by atoms with Crippen molar-refractivity contribution in [1.82, 2.24) is 15.1 Å². The van der Waals surface area contributed by atoms with Gasteiger partial charge in [0.1, 0.15) is 0 Å². The van der Waals surface area contributed by atoms with Crippen LogP contribution in [0, 0.1) is 0 Å². The molecule has 0 spiro atoms. The van der Waals surface area contributed by atoms with Crippen molar-refractivity contribution >= 4 is 11.8 Å². The Morgan fingerprint density at radius 1 is 1.24 bits per heavy atom. The number of rotatable bonds is 5. The molecule has 0 saturated carbocycles. The molecule has 2 aliphatic rings. The number of primary amides is 1. The second kappa shape index (κ2) is 10.6. The lowest BCUT2D eigenvalue weighted by Crippen LogP contribution is -2.48. The number of likely N-dealkylation sites (tertiary alicyclic amines) is 1. The van der Waals surface area contributed by atoms with Gasteiger partial charge in [0, 0.05) is 19.6 Å². The van der Waals surface area contributed by atoms with Crippen molar-refractivity contribution in [3.8, 4) is 0 Å². The summed E-state index contributed by atoms with van der Waals surface area (Å²) >= 11 is 0. The van der Waals surface area contributed by atoms with Gasteiger partial charge in [0.15, 0.2) is 0 Å². The Kier molecular flexibility index (Phi) is 9.20. The van der Waals surface area contributed by atoms with Gasteiger partial charge in [-0.15, -0.1) is 0 Å². The molecule has 0 bridgehead atoms. The Labute approximate surface area is 146 Å². The van der Waals surface area contributed by atoms with Gasteiger partial charge in [-0.1, -0.05) is 13.3 Å². The van der Waals surface area contributed by atoms with Crippen LogP contribution in [0.5, 0.6) is 0 Å². The molecule has 2 heterocycles. The van der Waals surface area contributed by atoms with Crippen LogP contribution < -0.4 is 11.1 Å². The van der Waals surface area contributed by atoms with E-state index in [0.717, 1.165) is 19.5 Å². The standard InChI is InChI=1S/C9H18N2O.C7H11F3N2O/c1-2-8(9(10)12)11-6-4-3-5-7-11;8-7(9,10)1-3-12-4-2-11-6(13)5-12/h8H,2-7H2,1H3,(H2,10,12);1-5H2,(H,11,13). The second-order valence-electron chi connectivity index (χ2n) is 6.41. The Morgan fingerprint density at radius 2 is 1.88 bits per heavy atom. The van der Waals surface area contributed by atoms with Crippen molar-refractivity contribution in [1.29, 1.82) is 0 Å². The molecule has 6 nitrogen and oxygen atoms in total. The number of nitrogens with zero attached hydrogens (tertiary/aromatic N) is 2. The molecule has 0 aliphatic carbocycles. The summed E-state index contributed by atoms with van der Waals surface area (Å²) < 4.78 is 35.3. The third-order valence-corrected chi connectivity index (χ3v) is 4.38. The fourth-order valence-electron chi connectivity index (χ4n) is 3.04. The SMILES string of the molecule is CCC(C(N)=O)N1CCCCC1.O=C1CN(CCC(F)(F)F)CCN1. The normalized spacial score (nSPS) is 21.0. The van der Waals surface area contributed by atoms with Crippen LogP contribution in [0.4, 0.5) is 13.2 Å². The zero-order valence-electron chi connectivity index (χ0n) is 14.8. The number of amides is 2. The van der Waals surface area contributed by atoms with Gasteiger partial charge in [-0.2, -0.15) is 13.2 Å². The Bertz CT molecular complexity index is 426. The number of hydrogen-bond donors (Lipinski definition) is 2. The van der Waals surface area contributed by atoms with Gasteiger partial charge in [-0.05, 0) is 32.4 Å². The van der Waals surface area contributed by atoms with E-state index < -0.39 is 12.6 Å². The van der Waals surface area contributed by atoms with E-state index in [-0.39, 0.29) is 30.9 Å². The van der Waals surface area contributed by atoms with E-state index >= 15 is 0 Å². The van der Waals surface area contributed by atoms with Crippen molar-refractivity contribution in [3.63, 3.8) is 0 Å². The predicted molar refractivity (Wildman–Crippen MR) is 88.8 cm³/mol. The maximum atomic E-state index is 11.8. The van der Waals surface area contributed by atoms with E-state index in [1.54, 1.807) is 0 Å².